The van der Waals surface area contributed by atoms with E-state index in [1.54, 1.807) is 31.2 Å². The van der Waals surface area contributed by atoms with Crippen LogP contribution in [0.4, 0.5) is 4.39 Å². The van der Waals surface area contributed by atoms with Gasteiger partial charge < -0.3 is 0 Å². The Morgan fingerprint density at radius 1 is 1.21 bits per heavy atom. The standard InChI is InChI=1S/C21H16FN5O2/c1-13-5-3-4-6-18(13)27-21(29)17(11-23)14(2)19(26-27)20(28)25-24-12-15-7-9-16(22)10-8-15/h3-10,12H,1-2H3,(H,25,28)/b24-12+. The van der Waals surface area contributed by atoms with E-state index in [0.717, 1.165) is 10.2 Å². The number of nitrogens with one attached hydrogen (secondary N) is 1. The summed E-state index contributed by atoms with van der Waals surface area (Å²) in [6.07, 6.45) is 1.34. The lowest BCUT2D eigenvalue weighted by Gasteiger charge is -2.12. The zero-order valence-electron chi connectivity index (χ0n) is 15.7. The van der Waals surface area contributed by atoms with Crippen LogP contribution in [0.25, 0.3) is 5.69 Å². The van der Waals surface area contributed by atoms with Gasteiger partial charge in [-0.3, -0.25) is 9.59 Å². The first-order valence-corrected chi connectivity index (χ1v) is 8.61. The van der Waals surface area contributed by atoms with E-state index < -0.39 is 11.5 Å². The van der Waals surface area contributed by atoms with Crippen molar-refractivity contribution in [3.05, 3.63) is 92.6 Å². The predicted octanol–water partition coefficient (Wildman–Crippen LogP) is 2.62. The molecule has 0 atom stereocenters. The normalized spacial score (nSPS) is 10.7. The molecule has 0 bridgehead atoms. The molecule has 1 amide bonds. The van der Waals surface area contributed by atoms with Crippen LogP contribution in [0.2, 0.25) is 0 Å². The van der Waals surface area contributed by atoms with Gasteiger partial charge in [0.1, 0.15) is 17.4 Å². The Labute approximate surface area is 165 Å². The molecule has 0 saturated carbocycles. The summed E-state index contributed by atoms with van der Waals surface area (Å²) >= 11 is 0. The number of rotatable bonds is 4. The van der Waals surface area contributed by atoms with Gasteiger partial charge in [0.15, 0.2) is 5.69 Å². The minimum absolute atomic E-state index is 0.0966. The molecule has 3 rings (SSSR count). The number of aryl methyl sites for hydroxylation is 1. The van der Waals surface area contributed by atoms with Crippen molar-refractivity contribution in [2.75, 3.05) is 0 Å². The van der Waals surface area contributed by atoms with Crippen LogP contribution < -0.4 is 11.0 Å². The Morgan fingerprint density at radius 2 is 1.90 bits per heavy atom. The molecule has 1 N–H and O–H groups in total. The number of hydrazone groups is 1. The van der Waals surface area contributed by atoms with Gasteiger partial charge in [0.05, 0.1) is 11.9 Å². The van der Waals surface area contributed by atoms with Crippen LogP contribution in [0, 0.1) is 31.0 Å². The molecule has 0 saturated heterocycles. The lowest BCUT2D eigenvalue weighted by atomic mass is 10.1. The van der Waals surface area contributed by atoms with Gasteiger partial charge in [-0.1, -0.05) is 30.3 Å². The largest absolute Gasteiger partial charge is 0.292 e. The van der Waals surface area contributed by atoms with E-state index in [-0.39, 0.29) is 22.6 Å². The van der Waals surface area contributed by atoms with Gasteiger partial charge in [-0.25, -0.2) is 9.82 Å². The maximum atomic E-state index is 12.9. The fourth-order valence-corrected chi connectivity index (χ4v) is 2.68. The van der Waals surface area contributed by atoms with Crippen molar-refractivity contribution in [2.45, 2.75) is 13.8 Å². The second kappa shape index (κ2) is 8.27. The quantitative estimate of drug-likeness (QED) is 0.548. The highest BCUT2D eigenvalue weighted by molar-refractivity contribution is 5.94. The number of para-hydroxylation sites is 1. The minimum atomic E-state index is -0.681. The number of carbonyl (C=O) groups excluding carboxylic acids is 1. The number of aromatic nitrogens is 2. The maximum Gasteiger partial charge on any atom is 0.292 e. The number of benzene rings is 2. The Morgan fingerprint density at radius 3 is 2.55 bits per heavy atom. The third-order valence-electron chi connectivity index (χ3n) is 4.26. The molecule has 1 heterocycles. The Balaban J connectivity index is 1.98. The minimum Gasteiger partial charge on any atom is -0.266 e. The van der Waals surface area contributed by atoms with Crippen molar-refractivity contribution in [3.63, 3.8) is 0 Å². The van der Waals surface area contributed by atoms with Crippen LogP contribution in [0.15, 0.2) is 58.4 Å². The molecule has 144 valence electrons. The topological polar surface area (TPSA) is 100 Å². The molecule has 7 nitrogen and oxygen atoms in total. The van der Waals surface area contributed by atoms with Crippen molar-refractivity contribution in [1.29, 1.82) is 5.26 Å². The average molecular weight is 389 g/mol. The Hall–Kier alpha value is -4.12. The molecular formula is C21H16FN5O2. The second-order valence-electron chi connectivity index (χ2n) is 6.21. The van der Waals surface area contributed by atoms with Crippen LogP contribution in [-0.2, 0) is 0 Å². The molecule has 0 radical (unpaired) electrons. The van der Waals surface area contributed by atoms with E-state index in [1.807, 2.05) is 6.07 Å². The highest BCUT2D eigenvalue weighted by atomic mass is 19.1. The van der Waals surface area contributed by atoms with Crippen LogP contribution in [0.3, 0.4) is 0 Å². The summed E-state index contributed by atoms with van der Waals surface area (Å²) in [7, 11) is 0. The average Bonchev–Trinajstić information content (AvgIpc) is 2.71. The van der Waals surface area contributed by atoms with E-state index in [9.17, 15) is 19.2 Å². The molecule has 0 unspecified atom stereocenters. The van der Waals surface area contributed by atoms with Crippen molar-refractivity contribution in [1.82, 2.24) is 15.2 Å². The summed E-state index contributed by atoms with van der Waals surface area (Å²) in [4.78, 5) is 25.2. The van der Waals surface area contributed by atoms with Crippen molar-refractivity contribution in [3.8, 4) is 11.8 Å². The third kappa shape index (κ3) is 4.09. The molecule has 1 aromatic heterocycles. The lowest BCUT2D eigenvalue weighted by Crippen LogP contribution is -2.31. The van der Waals surface area contributed by atoms with Crippen LogP contribution in [0.5, 0.6) is 0 Å². The second-order valence-corrected chi connectivity index (χ2v) is 6.21. The predicted molar refractivity (Wildman–Crippen MR) is 105 cm³/mol. The monoisotopic (exact) mass is 389 g/mol. The molecule has 0 aliphatic heterocycles. The highest BCUT2D eigenvalue weighted by Gasteiger charge is 2.20. The molecule has 0 aliphatic carbocycles. The SMILES string of the molecule is Cc1ccccc1-n1nc(C(=O)N/N=C/c2ccc(F)cc2)c(C)c(C#N)c1=O. The van der Waals surface area contributed by atoms with Gasteiger partial charge in [-0.2, -0.15) is 20.1 Å². The fraction of sp³-hybridized carbons (Fsp3) is 0.0952. The first-order valence-electron chi connectivity index (χ1n) is 8.61. The fourth-order valence-electron chi connectivity index (χ4n) is 2.68. The number of amides is 1. The maximum absolute atomic E-state index is 12.9. The van der Waals surface area contributed by atoms with Crippen LogP contribution >= 0.6 is 0 Å². The first-order chi connectivity index (χ1) is 13.9. The number of nitriles is 1. The molecule has 0 spiro atoms. The number of hydrogen-bond acceptors (Lipinski definition) is 5. The van der Waals surface area contributed by atoms with Gasteiger partial charge in [-0.15, -0.1) is 0 Å². The summed E-state index contributed by atoms with van der Waals surface area (Å²) in [5, 5.41) is 17.4. The number of halogens is 1. The van der Waals surface area contributed by atoms with Crippen molar-refractivity contribution in [2.24, 2.45) is 5.10 Å². The van der Waals surface area contributed by atoms with E-state index in [4.69, 9.17) is 0 Å². The van der Waals surface area contributed by atoms with E-state index in [1.165, 1.54) is 37.4 Å². The molecule has 0 fully saturated rings. The number of hydrogen-bond donors (Lipinski definition) is 1. The lowest BCUT2D eigenvalue weighted by molar-refractivity contribution is 0.0947. The van der Waals surface area contributed by atoms with E-state index >= 15 is 0 Å². The van der Waals surface area contributed by atoms with Crippen LogP contribution in [0.1, 0.15) is 32.7 Å². The third-order valence-corrected chi connectivity index (χ3v) is 4.26. The highest BCUT2D eigenvalue weighted by Crippen LogP contribution is 2.13. The van der Waals surface area contributed by atoms with Crippen molar-refractivity contribution < 1.29 is 9.18 Å². The number of nitrogens with zero attached hydrogens (tertiary/aromatic N) is 4. The van der Waals surface area contributed by atoms with Crippen LogP contribution in [-0.4, -0.2) is 21.9 Å². The smallest absolute Gasteiger partial charge is 0.266 e. The molecule has 3 aromatic rings. The van der Waals surface area contributed by atoms with Gasteiger partial charge in [0.25, 0.3) is 11.5 Å². The van der Waals surface area contributed by atoms with Gasteiger partial charge in [0.2, 0.25) is 0 Å². The molecule has 2 aromatic carbocycles. The summed E-state index contributed by atoms with van der Waals surface area (Å²) in [5.74, 6) is -1.06. The molecular weight excluding hydrogens is 373 g/mol. The van der Waals surface area contributed by atoms with E-state index in [2.05, 4.69) is 15.6 Å². The van der Waals surface area contributed by atoms with Gasteiger partial charge in [0, 0.05) is 5.56 Å². The van der Waals surface area contributed by atoms with Gasteiger partial charge in [-0.05, 0) is 43.2 Å². The summed E-state index contributed by atoms with van der Waals surface area (Å²) < 4.78 is 14.0. The molecule has 0 aliphatic rings. The zero-order valence-corrected chi connectivity index (χ0v) is 15.7. The van der Waals surface area contributed by atoms with E-state index in [0.29, 0.717) is 11.3 Å². The zero-order chi connectivity index (χ0) is 21.0. The summed E-state index contributed by atoms with van der Waals surface area (Å²) in [5.41, 5.74) is 3.42. The first kappa shape index (κ1) is 19.6. The Bertz CT molecular complexity index is 1210. The van der Waals surface area contributed by atoms with Crippen molar-refractivity contribution >= 4 is 12.1 Å². The molecule has 29 heavy (non-hydrogen) atoms. The Kier molecular flexibility index (Phi) is 5.60. The van der Waals surface area contributed by atoms with Gasteiger partial charge >= 0.3 is 0 Å². The molecule has 8 heteroatoms. The number of carbonyl (C=O) groups is 1. The summed E-state index contributed by atoms with van der Waals surface area (Å²) in [6.45, 7) is 3.27. The summed E-state index contributed by atoms with van der Waals surface area (Å²) in [6, 6.07) is 14.4.